The molecule has 0 fully saturated rings. The van der Waals surface area contributed by atoms with Gasteiger partial charge in [0.15, 0.2) is 11.3 Å². The molecule has 10 heteroatoms. The van der Waals surface area contributed by atoms with Gasteiger partial charge in [0, 0.05) is 11.1 Å². The van der Waals surface area contributed by atoms with Crippen molar-refractivity contribution >= 4 is 40.1 Å². The quantitative estimate of drug-likeness (QED) is 0.515. The number of amides is 1. The molecule has 3 heterocycles. The lowest BCUT2D eigenvalue weighted by Crippen LogP contribution is -2.23. The van der Waals surface area contributed by atoms with Crippen molar-refractivity contribution in [2.75, 3.05) is 0 Å². The molecule has 30 heavy (non-hydrogen) atoms. The van der Waals surface area contributed by atoms with E-state index in [4.69, 9.17) is 17.3 Å². The molecule has 0 saturated carbocycles. The Morgan fingerprint density at radius 3 is 2.80 bits per heavy atom. The van der Waals surface area contributed by atoms with Crippen LogP contribution in [0.15, 0.2) is 60.8 Å². The molecule has 0 radical (unpaired) electrons. The van der Waals surface area contributed by atoms with Gasteiger partial charge in [0.1, 0.15) is 5.15 Å². The van der Waals surface area contributed by atoms with Crippen LogP contribution in [0.5, 0.6) is 0 Å². The highest BCUT2D eigenvalue weighted by atomic mass is 35.5. The van der Waals surface area contributed by atoms with E-state index >= 15 is 0 Å². The molecule has 0 aliphatic carbocycles. The second-order valence-electron chi connectivity index (χ2n) is 6.06. The van der Waals surface area contributed by atoms with Crippen LogP contribution in [0.4, 0.5) is 13.2 Å². The van der Waals surface area contributed by atoms with Crippen LogP contribution in [0, 0.1) is 0 Å². The summed E-state index contributed by atoms with van der Waals surface area (Å²) in [7, 11) is 0. The number of alkyl halides is 3. The molecule has 3 N–H and O–H groups in total. The van der Waals surface area contributed by atoms with E-state index in [0.717, 1.165) is 15.3 Å². The minimum Gasteiger partial charge on any atom is -0.405 e. The van der Waals surface area contributed by atoms with Gasteiger partial charge in [-0.2, -0.15) is 13.2 Å². The van der Waals surface area contributed by atoms with Gasteiger partial charge < -0.3 is 11.1 Å². The summed E-state index contributed by atoms with van der Waals surface area (Å²) in [5.41, 5.74) is 4.18. The fourth-order valence-corrected chi connectivity index (χ4v) is 3.67. The highest BCUT2D eigenvalue weighted by molar-refractivity contribution is 7.09. The molecule has 0 aliphatic rings. The number of nitrogens with two attached hydrogens (primary N) is 1. The number of aromatic nitrogens is 2. The standard InChI is InChI=1S/C20H16ClF3N4OS/c1-2-4-12(6-7-25)13-9-15(20(22,23)24)18-27-16(17(21)28(18)11-13)19(29)26-10-14-5-3-8-30-14/h2-9,11H,1,10,25H2,(H,26,29)/b7-6-,12-4+. The zero-order valence-electron chi connectivity index (χ0n) is 15.4. The first kappa shape index (κ1) is 21.7. The summed E-state index contributed by atoms with van der Waals surface area (Å²) in [5.74, 6) is -0.671. The Morgan fingerprint density at radius 2 is 2.20 bits per heavy atom. The molecule has 3 aromatic heterocycles. The zero-order valence-corrected chi connectivity index (χ0v) is 17.0. The number of carbonyl (C=O) groups excluding carboxylic acids is 1. The Bertz CT molecular complexity index is 1150. The van der Waals surface area contributed by atoms with Gasteiger partial charge in [-0.15, -0.1) is 11.3 Å². The van der Waals surface area contributed by atoms with Crippen molar-refractivity contribution in [1.82, 2.24) is 14.7 Å². The fourth-order valence-electron chi connectivity index (χ4n) is 2.77. The van der Waals surface area contributed by atoms with Gasteiger partial charge in [-0.3, -0.25) is 9.20 Å². The first-order valence-electron chi connectivity index (χ1n) is 8.57. The van der Waals surface area contributed by atoms with Gasteiger partial charge in [-0.25, -0.2) is 4.98 Å². The van der Waals surface area contributed by atoms with Gasteiger partial charge >= 0.3 is 6.18 Å². The zero-order chi connectivity index (χ0) is 21.9. The van der Waals surface area contributed by atoms with Crippen molar-refractivity contribution in [3.63, 3.8) is 0 Å². The molecule has 0 aliphatic heterocycles. The van der Waals surface area contributed by atoms with Gasteiger partial charge in [0.2, 0.25) is 0 Å². The minimum absolute atomic E-state index is 0.182. The number of carbonyl (C=O) groups is 1. The highest BCUT2D eigenvalue weighted by Crippen LogP contribution is 2.36. The molecule has 0 saturated heterocycles. The molecule has 0 unspecified atom stereocenters. The number of nitrogens with zero attached hydrogens (tertiary/aromatic N) is 2. The Hall–Kier alpha value is -3.04. The van der Waals surface area contributed by atoms with Crippen LogP contribution < -0.4 is 11.1 Å². The summed E-state index contributed by atoms with van der Waals surface area (Å²) in [5, 5.41) is 4.24. The van der Waals surface area contributed by atoms with Crippen molar-refractivity contribution in [2.24, 2.45) is 5.73 Å². The van der Waals surface area contributed by atoms with Gasteiger partial charge in [0.05, 0.1) is 12.1 Å². The summed E-state index contributed by atoms with van der Waals surface area (Å²) in [4.78, 5) is 17.3. The smallest absolute Gasteiger partial charge is 0.405 e. The Labute approximate surface area is 179 Å². The molecular weight excluding hydrogens is 437 g/mol. The number of rotatable bonds is 6. The molecule has 156 valence electrons. The normalized spacial score (nSPS) is 12.6. The number of pyridine rings is 1. The lowest BCUT2D eigenvalue weighted by molar-refractivity contribution is -0.136. The maximum absolute atomic E-state index is 13.7. The first-order valence-corrected chi connectivity index (χ1v) is 9.82. The van der Waals surface area contributed by atoms with E-state index in [0.29, 0.717) is 5.57 Å². The predicted molar refractivity (Wildman–Crippen MR) is 112 cm³/mol. The Morgan fingerprint density at radius 1 is 1.43 bits per heavy atom. The molecular formula is C20H16ClF3N4OS. The van der Waals surface area contributed by atoms with Crippen LogP contribution in [-0.4, -0.2) is 15.3 Å². The first-order chi connectivity index (χ1) is 14.3. The van der Waals surface area contributed by atoms with Crippen LogP contribution in [0.1, 0.15) is 26.5 Å². The SMILES string of the molecule is C=C/C=C(\C=C/N)c1cc(C(F)(F)F)c2nc(C(=O)NCc3cccs3)c(Cl)n2c1. The van der Waals surface area contributed by atoms with E-state index in [9.17, 15) is 18.0 Å². The van der Waals surface area contributed by atoms with E-state index in [1.165, 1.54) is 42.0 Å². The summed E-state index contributed by atoms with van der Waals surface area (Å²) >= 11 is 7.69. The Kier molecular flexibility index (Phi) is 6.33. The van der Waals surface area contributed by atoms with E-state index in [1.807, 2.05) is 17.5 Å². The maximum atomic E-state index is 13.7. The lowest BCUT2D eigenvalue weighted by atomic mass is 10.0. The largest absolute Gasteiger partial charge is 0.420 e. The third kappa shape index (κ3) is 4.42. The van der Waals surface area contributed by atoms with E-state index in [-0.39, 0.29) is 23.0 Å². The van der Waals surface area contributed by atoms with Gasteiger partial charge in [-0.05, 0) is 40.9 Å². The maximum Gasteiger partial charge on any atom is 0.420 e. The number of imidazole rings is 1. The van der Waals surface area contributed by atoms with Gasteiger partial charge in [0.25, 0.3) is 5.91 Å². The van der Waals surface area contributed by atoms with E-state index < -0.39 is 23.3 Å². The highest BCUT2D eigenvalue weighted by Gasteiger charge is 2.36. The Balaban J connectivity index is 2.12. The van der Waals surface area contributed by atoms with Crippen LogP contribution in [0.25, 0.3) is 11.2 Å². The minimum atomic E-state index is -4.72. The van der Waals surface area contributed by atoms with E-state index in [1.54, 1.807) is 0 Å². The number of hydrogen-bond acceptors (Lipinski definition) is 4. The molecule has 0 bridgehead atoms. The summed E-state index contributed by atoms with van der Waals surface area (Å²) in [6.45, 7) is 3.77. The number of nitrogens with one attached hydrogen (secondary N) is 1. The van der Waals surface area contributed by atoms with Crippen molar-refractivity contribution in [1.29, 1.82) is 0 Å². The molecule has 3 aromatic rings. The number of fused-ring (bicyclic) bond motifs is 1. The lowest BCUT2D eigenvalue weighted by Gasteiger charge is -2.12. The monoisotopic (exact) mass is 452 g/mol. The summed E-state index contributed by atoms with van der Waals surface area (Å²) in [6.07, 6.45) is 2.21. The third-order valence-corrected chi connectivity index (χ3v) is 5.33. The summed E-state index contributed by atoms with van der Waals surface area (Å²) in [6, 6.07) is 4.58. The van der Waals surface area contributed by atoms with Crippen LogP contribution in [0.3, 0.4) is 0 Å². The molecule has 0 aromatic carbocycles. The number of halogens is 4. The topological polar surface area (TPSA) is 72.4 Å². The molecule has 5 nitrogen and oxygen atoms in total. The second kappa shape index (κ2) is 8.76. The van der Waals surface area contributed by atoms with Crippen LogP contribution >= 0.6 is 22.9 Å². The van der Waals surface area contributed by atoms with Crippen LogP contribution in [0.2, 0.25) is 5.15 Å². The average Bonchev–Trinajstić information content (AvgIpc) is 3.33. The second-order valence-corrected chi connectivity index (χ2v) is 7.45. The van der Waals surface area contributed by atoms with Crippen LogP contribution in [-0.2, 0) is 12.7 Å². The van der Waals surface area contributed by atoms with Crippen molar-refractivity contribution < 1.29 is 18.0 Å². The number of hydrogen-bond donors (Lipinski definition) is 2. The van der Waals surface area contributed by atoms with Crippen molar-refractivity contribution in [3.05, 3.63) is 87.6 Å². The molecule has 0 atom stereocenters. The predicted octanol–water partition coefficient (Wildman–Crippen LogP) is 5.04. The number of allylic oxidation sites excluding steroid dienone is 4. The molecule has 1 amide bonds. The fraction of sp³-hybridized carbons (Fsp3) is 0.100. The molecule has 3 rings (SSSR count). The third-order valence-electron chi connectivity index (χ3n) is 4.09. The van der Waals surface area contributed by atoms with E-state index in [2.05, 4.69) is 16.9 Å². The molecule has 0 spiro atoms. The number of thiophene rings is 1. The van der Waals surface area contributed by atoms with Gasteiger partial charge in [-0.1, -0.05) is 36.4 Å². The summed E-state index contributed by atoms with van der Waals surface area (Å²) < 4.78 is 42.2. The van der Waals surface area contributed by atoms with Crippen molar-refractivity contribution in [3.8, 4) is 0 Å². The average molecular weight is 453 g/mol. The van der Waals surface area contributed by atoms with Crippen molar-refractivity contribution in [2.45, 2.75) is 12.7 Å².